The van der Waals surface area contributed by atoms with Crippen LogP contribution in [0.5, 0.6) is 5.75 Å². The van der Waals surface area contributed by atoms with E-state index < -0.39 is 5.97 Å². The Morgan fingerprint density at radius 1 is 1.52 bits per heavy atom. The molecular formula is C15H16INO4. The molecule has 1 aromatic rings. The Kier molecular flexibility index (Phi) is 5.22. The average Bonchev–Trinajstić information content (AvgIpc) is 2.90. The van der Waals surface area contributed by atoms with Crippen LogP contribution in [0.15, 0.2) is 24.8 Å². The van der Waals surface area contributed by atoms with Crippen molar-refractivity contribution in [2.24, 2.45) is 0 Å². The summed E-state index contributed by atoms with van der Waals surface area (Å²) in [6, 6.07) is 3.34. The summed E-state index contributed by atoms with van der Waals surface area (Å²) in [5.41, 5.74) is 1.02. The van der Waals surface area contributed by atoms with E-state index in [0.29, 0.717) is 36.6 Å². The van der Waals surface area contributed by atoms with Gasteiger partial charge >= 0.3 is 5.97 Å². The van der Waals surface area contributed by atoms with Crippen molar-refractivity contribution in [2.45, 2.75) is 12.8 Å². The van der Waals surface area contributed by atoms with Crippen LogP contribution >= 0.6 is 22.6 Å². The van der Waals surface area contributed by atoms with E-state index >= 15 is 0 Å². The molecule has 1 heterocycles. The standard InChI is InChI=1S/C15H16INO4/c1-3-7-21-14-11(16)8-10(15(19)20-2)9-12(14)17-6-4-5-13(17)18/h3,8-9H,1,4-7H2,2H3. The van der Waals surface area contributed by atoms with Gasteiger partial charge in [0.25, 0.3) is 0 Å². The molecule has 0 saturated carbocycles. The fourth-order valence-corrected chi connectivity index (χ4v) is 2.97. The third-order valence-electron chi connectivity index (χ3n) is 3.15. The number of hydrogen-bond donors (Lipinski definition) is 0. The van der Waals surface area contributed by atoms with Crippen molar-refractivity contribution in [3.8, 4) is 5.75 Å². The highest BCUT2D eigenvalue weighted by atomic mass is 127. The Morgan fingerprint density at radius 2 is 2.29 bits per heavy atom. The van der Waals surface area contributed by atoms with Gasteiger partial charge in [0.2, 0.25) is 5.91 Å². The van der Waals surface area contributed by atoms with Crippen molar-refractivity contribution in [3.05, 3.63) is 33.9 Å². The molecule has 1 aliphatic heterocycles. The van der Waals surface area contributed by atoms with Gasteiger partial charge in [0.15, 0.2) is 5.75 Å². The topological polar surface area (TPSA) is 55.8 Å². The second kappa shape index (κ2) is 6.93. The molecule has 112 valence electrons. The molecule has 5 nitrogen and oxygen atoms in total. The minimum absolute atomic E-state index is 0.0382. The number of carbonyl (C=O) groups is 2. The van der Waals surface area contributed by atoms with Gasteiger partial charge in [0.1, 0.15) is 6.61 Å². The van der Waals surface area contributed by atoms with E-state index in [-0.39, 0.29) is 5.91 Å². The lowest BCUT2D eigenvalue weighted by molar-refractivity contribution is -0.117. The normalized spacial score (nSPS) is 14.2. The van der Waals surface area contributed by atoms with Gasteiger partial charge in [-0.3, -0.25) is 4.79 Å². The largest absolute Gasteiger partial charge is 0.486 e. The highest BCUT2D eigenvalue weighted by Gasteiger charge is 2.27. The average molecular weight is 401 g/mol. The van der Waals surface area contributed by atoms with Crippen molar-refractivity contribution in [1.82, 2.24) is 0 Å². The van der Waals surface area contributed by atoms with Crippen LogP contribution in [0.3, 0.4) is 0 Å². The van der Waals surface area contributed by atoms with E-state index in [1.165, 1.54) is 7.11 Å². The summed E-state index contributed by atoms with van der Waals surface area (Å²) in [6.07, 6.45) is 2.96. The number of methoxy groups -OCH3 is 1. The Labute approximate surface area is 137 Å². The molecule has 1 fully saturated rings. The van der Waals surface area contributed by atoms with Crippen molar-refractivity contribution < 1.29 is 19.1 Å². The lowest BCUT2D eigenvalue weighted by Gasteiger charge is -2.21. The summed E-state index contributed by atoms with van der Waals surface area (Å²) < 4.78 is 11.2. The number of carbonyl (C=O) groups excluding carboxylic acids is 2. The zero-order valence-electron chi connectivity index (χ0n) is 11.7. The van der Waals surface area contributed by atoms with Crippen LogP contribution in [-0.2, 0) is 9.53 Å². The first-order chi connectivity index (χ1) is 10.1. The first kappa shape index (κ1) is 15.8. The number of rotatable bonds is 5. The van der Waals surface area contributed by atoms with Gasteiger partial charge in [0.05, 0.1) is 21.9 Å². The number of amides is 1. The Morgan fingerprint density at radius 3 is 2.86 bits per heavy atom. The number of anilines is 1. The third-order valence-corrected chi connectivity index (χ3v) is 3.96. The summed E-state index contributed by atoms with van der Waals surface area (Å²) >= 11 is 2.09. The summed E-state index contributed by atoms with van der Waals surface area (Å²) in [7, 11) is 1.33. The molecule has 0 aliphatic carbocycles. The van der Waals surface area contributed by atoms with Gasteiger partial charge in [-0.2, -0.15) is 0 Å². The molecule has 1 amide bonds. The maximum atomic E-state index is 12.0. The molecule has 1 aromatic carbocycles. The molecule has 0 N–H and O–H groups in total. The fraction of sp³-hybridized carbons (Fsp3) is 0.333. The summed E-state index contributed by atoms with van der Waals surface area (Å²) in [5.74, 6) is 0.200. The molecule has 0 aromatic heterocycles. The van der Waals surface area contributed by atoms with E-state index in [2.05, 4.69) is 29.2 Å². The summed E-state index contributed by atoms with van der Waals surface area (Å²) in [5, 5.41) is 0. The number of ether oxygens (including phenoxy) is 2. The van der Waals surface area contributed by atoms with Crippen LogP contribution < -0.4 is 9.64 Å². The van der Waals surface area contributed by atoms with Gasteiger partial charge in [-0.05, 0) is 41.1 Å². The van der Waals surface area contributed by atoms with Gasteiger partial charge in [-0.15, -0.1) is 0 Å². The van der Waals surface area contributed by atoms with Gasteiger partial charge in [-0.25, -0.2) is 4.79 Å². The van der Waals surface area contributed by atoms with Gasteiger partial charge in [-0.1, -0.05) is 12.7 Å². The number of nitrogens with zero attached hydrogens (tertiary/aromatic N) is 1. The number of halogens is 1. The molecule has 0 spiro atoms. The number of esters is 1. The Bertz CT molecular complexity index is 585. The van der Waals surface area contributed by atoms with Crippen LogP contribution in [0.2, 0.25) is 0 Å². The van der Waals surface area contributed by atoms with Crippen LogP contribution in [0.25, 0.3) is 0 Å². The molecule has 21 heavy (non-hydrogen) atoms. The monoisotopic (exact) mass is 401 g/mol. The summed E-state index contributed by atoms with van der Waals surface area (Å²) in [4.78, 5) is 25.4. The molecule has 2 rings (SSSR count). The second-order valence-corrected chi connectivity index (χ2v) is 5.71. The van der Waals surface area contributed by atoms with Crippen molar-refractivity contribution in [1.29, 1.82) is 0 Å². The molecule has 0 atom stereocenters. The minimum Gasteiger partial charge on any atom is -0.486 e. The lowest BCUT2D eigenvalue weighted by atomic mass is 10.1. The number of hydrogen-bond acceptors (Lipinski definition) is 4. The molecule has 1 saturated heterocycles. The van der Waals surface area contributed by atoms with E-state index in [1.807, 2.05) is 0 Å². The minimum atomic E-state index is -0.434. The van der Waals surface area contributed by atoms with Crippen LogP contribution in [0.4, 0.5) is 5.69 Å². The first-order valence-electron chi connectivity index (χ1n) is 6.54. The molecule has 6 heteroatoms. The zero-order valence-corrected chi connectivity index (χ0v) is 13.9. The molecule has 0 unspecified atom stereocenters. The maximum absolute atomic E-state index is 12.0. The van der Waals surface area contributed by atoms with E-state index in [0.717, 1.165) is 9.99 Å². The Hall–Kier alpha value is -1.57. The SMILES string of the molecule is C=CCOc1c(I)cc(C(=O)OC)cc1N1CCCC1=O. The predicted octanol–water partition coefficient (Wildman–Crippen LogP) is 2.77. The van der Waals surface area contributed by atoms with Crippen LogP contribution in [0.1, 0.15) is 23.2 Å². The van der Waals surface area contributed by atoms with Crippen molar-refractivity contribution in [2.75, 3.05) is 25.2 Å². The van der Waals surface area contributed by atoms with Crippen molar-refractivity contribution in [3.63, 3.8) is 0 Å². The second-order valence-electron chi connectivity index (χ2n) is 4.55. The van der Waals surface area contributed by atoms with E-state index in [4.69, 9.17) is 9.47 Å². The van der Waals surface area contributed by atoms with Crippen LogP contribution in [-0.4, -0.2) is 32.1 Å². The van der Waals surface area contributed by atoms with Gasteiger partial charge < -0.3 is 14.4 Å². The molecule has 1 aliphatic rings. The summed E-state index contributed by atoms with van der Waals surface area (Å²) in [6.45, 7) is 4.59. The first-order valence-corrected chi connectivity index (χ1v) is 7.62. The molecule has 0 bridgehead atoms. The van der Waals surface area contributed by atoms with Crippen LogP contribution in [0, 0.1) is 3.57 Å². The number of benzene rings is 1. The highest BCUT2D eigenvalue weighted by molar-refractivity contribution is 14.1. The molecular weight excluding hydrogens is 385 g/mol. The quantitative estimate of drug-likeness (QED) is 0.433. The smallest absolute Gasteiger partial charge is 0.337 e. The van der Waals surface area contributed by atoms with Gasteiger partial charge in [0, 0.05) is 13.0 Å². The zero-order chi connectivity index (χ0) is 15.4. The van der Waals surface area contributed by atoms with E-state index in [9.17, 15) is 9.59 Å². The lowest BCUT2D eigenvalue weighted by Crippen LogP contribution is -2.25. The van der Waals surface area contributed by atoms with E-state index in [1.54, 1.807) is 23.1 Å². The third kappa shape index (κ3) is 3.37. The maximum Gasteiger partial charge on any atom is 0.337 e. The highest BCUT2D eigenvalue weighted by Crippen LogP contribution is 2.37. The fourth-order valence-electron chi connectivity index (χ4n) is 2.20. The van der Waals surface area contributed by atoms with Crippen molar-refractivity contribution >= 4 is 40.2 Å². The Balaban J connectivity index is 2.50. The predicted molar refractivity (Wildman–Crippen MR) is 87.8 cm³/mol. The molecule has 0 radical (unpaired) electrons.